The summed E-state index contributed by atoms with van der Waals surface area (Å²) in [6.45, 7) is 2.07. The van der Waals surface area contributed by atoms with Crippen molar-refractivity contribution in [2.75, 3.05) is 0 Å². The second-order valence-electron chi connectivity index (χ2n) is 4.09. The summed E-state index contributed by atoms with van der Waals surface area (Å²) in [5, 5.41) is 0.189. The van der Waals surface area contributed by atoms with E-state index in [-0.39, 0.29) is 11.8 Å². The highest BCUT2D eigenvalue weighted by molar-refractivity contribution is 7.93. The van der Waals surface area contributed by atoms with Crippen molar-refractivity contribution in [1.29, 1.82) is 0 Å². The molecular formula is C10H20O6S2. The van der Waals surface area contributed by atoms with E-state index in [1.807, 2.05) is 0 Å². The molecule has 0 bridgehead atoms. The van der Waals surface area contributed by atoms with Crippen molar-refractivity contribution in [2.45, 2.75) is 51.9 Å². The predicted octanol–water partition coefficient (Wildman–Crippen LogP) is 2.35. The van der Waals surface area contributed by atoms with Crippen LogP contribution in [0.25, 0.3) is 0 Å². The highest BCUT2D eigenvalue weighted by Gasteiger charge is 2.16. The molecule has 6 nitrogen and oxygen atoms in total. The van der Waals surface area contributed by atoms with Crippen LogP contribution in [0.5, 0.6) is 0 Å². The molecule has 0 spiro atoms. The monoisotopic (exact) mass is 300 g/mol. The number of hydrogen-bond acceptors (Lipinski definition) is 4. The SMILES string of the molecule is CCCCCCCCC(=CS(=O)(=O)O)S(=O)(=O)O. The van der Waals surface area contributed by atoms with Crippen LogP contribution in [0.1, 0.15) is 51.9 Å². The standard InChI is InChI=1S/C10H20O6S2/c1-2-3-4-5-6-7-8-10(18(14,15)16)9-17(11,12)13/h9H,2-8H2,1H3,(H,11,12,13)(H,14,15,16). The van der Waals surface area contributed by atoms with Crippen molar-refractivity contribution in [3.8, 4) is 0 Å². The van der Waals surface area contributed by atoms with E-state index in [9.17, 15) is 16.8 Å². The molecule has 8 heteroatoms. The summed E-state index contributed by atoms with van der Waals surface area (Å²) < 4.78 is 60.3. The topological polar surface area (TPSA) is 109 Å². The Labute approximate surface area is 109 Å². The van der Waals surface area contributed by atoms with Gasteiger partial charge in [-0.2, -0.15) is 16.8 Å². The van der Waals surface area contributed by atoms with Gasteiger partial charge in [-0.1, -0.05) is 39.0 Å². The molecule has 18 heavy (non-hydrogen) atoms. The van der Waals surface area contributed by atoms with Crippen LogP contribution in [-0.2, 0) is 20.2 Å². The summed E-state index contributed by atoms with van der Waals surface area (Å²) in [4.78, 5) is -0.666. The van der Waals surface area contributed by atoms with Crippen molar-refractivity contribution in [3.63, 3.8) is 0 Å². The number of rotatable bonds is 9. The van der Waals surface area contributed by atoms with Gasteiger partial charge in [0.25, 0.3) is 20.2 Å². The molecule has 0 aliphatic heterocycles. The fourth-order valence-electron chi connectivity index (χ4n) is 1.49. The second-order valence-corrected chi connectivity index (χ2v) is 6.83. The number of hydrogen-bond donors (Lipinski definition) is 2. The van der Waals surface area contributed by atoms with E-state index in [1.165, 1.54) is 0 Å². The van der Waals surface area contributed by atoms with Crippen molar-refractivity contribution in [3.05, 3.63) is 10.3 Å². The summed E-state index contributed by atoms with van der Waals surface area (Å²) >= 11 is 0. The summed E-state index contributed by atoms with van der Waals surface area (Å²) in [5.74, 6) is 0. The molecule has 0 saturated heterocycles. The van der Waals surface area contributed by atoms with Crippen LogP contribution >= 0.6 is 0 Å². The largest absolute Gasteiger partial charge is 0.291 e. The van der Waals surface area contributed by atoms with Crippen LogP contribution in [0.15, 0.2) is 10.3 Å². The third-order valence-corrected chi connectivity index (χ3v) is 4.10. The maximum absolute atomic E-state index is 10.9. The lowest BCUT2D eigenvalue weighted by atomic mass is 10.1. The van der Waals surface area contributed by atoms with Crippen LogP contribution in [0.4, 0.5) is 0 Å². The lowest BCUT2D eigenvalue weighted by Crippen LogP contribution is -2.05. The fraction of sp³-hybridized carbons (Fsp3) is 0.800. The Hall–Kier alpha value is -0.440. The van der Waals surface area contributed by atoms with Crippen molar-refractivity contribution in [1.82, 2.24) is 0 Å². The average molecular weight is 300 g/mol. The summed E-state index contributed by atoms with van der Waals surface area (Å²) in [6, 6.07) is 0. The Morgan fingerprint density at radius 3 is 1.89 bits per heavy atom. The predicted molar refractivity (Wildman–Crippen MR) is 69.2 cm³/mol. The quantitative estimate of drug-likeness (QED) is 0.500. The Morgan fingerprint density at radius 1 is 0.944 bits per heavy atom. The molecule has 0 aliphatic carbocycles. The highest BCUT2D eigenvalue weighted by atomic mass is 32.2. The molecule has 0 rings (SSSR count). The molecule has 0 aromatic rings. The molecule has 0 heterocycles. The second kappa shape index (κ2) is 7.88. The average Bonchev–Trinajstić information content (AvgIpc) is 2.18. The van der Waals surface area contributed by atoms with Gasteiger partial charge in [0, 0.05) is 0 Å². The first-order valence-electron chi connectivity index (χ1n) is 5.82. The van der Waals surface area contributed by atoms with Gasteiger partial charge in [-0.25, -0.2) is 0 Å². The zero-order chi connectivity index (χ0) is 14.2. The molecule has 0 aliphatic rings. The van der Waals surface area contributed by atoms with Gasteiger partial charge in [-0.3, -0.25) is 9.11 Å². The maximum Gasteiger partial charge on any atom is 0.291 e. The molecule has 0 fully saturated rings. The molecule has 0 radical (unpaired) electrons. The summed E-state index contributed by atoms with van der Waals surface area (Å²) in [6.07, 6.45) is 5.27. The van der Waals surface area contributed by atoms with Gasteiger partial charge in [0.1, 0.15) is 0 Å². The molecule has 2 N–H and O–H groups in total. The number of allylic oxidation sites excluding steroid dienone is 1. The minimum Gasteiger partial charge on any atom is -0.282 e. The summed E-state index contributed by atoms with van der Waals surface area (Å²) in [7, 11) is -9.13. The highest BCUT2D eigenvalue weighted by Crippen LogP contribution is 2.17. The van der Waals surface area contributed by atoms with E-state index in [2.05, 4.69) is 6.92 Å². The minimum absolute atomic E-state index is 0.0925. The zero-order valence-corrected chi connectivity index (χ0v) is 12.0. The van der Waals surface area contributed by atoms with E-state index in [1.54, 1.807) is 0 Å². The van der Waals surface area contributed by atoms with Gasteiger partial charge < -0.3 is 0 Å². The molecule has 0 amide bonds. The van der Waals surface area contributed by atoms with Crippen LogP contribution in [0.2, 0.25) is 0 Å². The van der Waals surface area contributed by atoms with Crippen LogP contribution in [-0.4, -0.2) is 25.9 Å². The van der Waals surface area contributed by atoms with Gasteiger partial charge in [-0.05, 0) is 12.8 Å². The van der Waals surface area contributed by atoms with Crippen molar-refractivity contribution < 1.29 is 25.9 Å². The van der Waals surface area contributed by atoms with E-state index in [0.29, 0.717) is 6.42 Å². The van der Waals surface area contributed by atoms with Gasteiger partial charge >= 0.3 is 0 Å². The lowest BCUT2D eigenvalue weighted by molar-refractivity contribution is 0.483. The van der Waals surface area contributed by atoms with Crippen molar-refractivity contribution in [2.24, 2.45) is 0 Å². The van der Waals surface area contributed by atoms with E-state index in [0.717, 1.165) is 32.1 Å². The molecule has 108 valence electrons. The van der Waals surface area contributed by atoms with Gasteiger partial charge in [-0.15, -0.1) is 0 Å². The maximum atomic E-state index is 10.9. The van der Waals surface area contributed by atoms with Crippen LogP contribution in [0, 0.1) is 0 Å². The Morgan fingerprint density at radius 2 is 1.44 bits per heavy atom. The lowest BCUT2D eigenvalue weighted by Gasteiger charge is -2.03. The molecule has 0 unspecified atom stereocenters. The van der Waals surface area contributed by atoms with Gasteiger partial charge in [0.2, 0.25) is 0 Å². The first kappa shape index (κ1) is 17.6. The van der Waals surface area contributed by atoms with Gasteiger partial charge in [0.15, 0.2) is 0 Å². The number of unbranched alkanes of at least 4 members (excludes halogenated alkanes) is 5. The Balaban J connectivity index is 4.36. The fourth-order valence-corrected chi connectivity index (χ4v) is 3.20. The zero-order valence-electron chi connectivity index (χ0n) is 10.4. The first-order chi connectivity index (χ1) is 8.17. The third kappa shape index (κ3) is 9.58. The van der Waals surface area contributed by atoms with Crippen molar-refractivity contribution >= 4 is 20.2 Å². The Kier molecular flexibility index (Phi) is 7.69. The van der Waals surface area contributed by atoms with E-state index >= 15 is 0 Å². The molecule has 0 aromatic carbocycles. The first-order valence-corrected chi connectivity index (χ1v) is 8.76. The van der Waals surface area contributed by atoms with E-state index < -0.39 is 25.1 Å². The minimum atomic E-state index is -4.57. The van der Waals surface area contributed by atoms with Gasteiger partial charge in [0.05, 0.1) is 10.3 Å². The molecule has 0 saturated carbocycles. The van der Waals surface area contributed by atoms with Crippen LogP contribution in [0.3, 0.4) is 0 Å². The van der Waals surface area contributed by atoms with E-state index in [4.69, 9.17) is 9.11 Å². The molecular weight excluding hydrogens is 280 g/mol. The Bertz CT molecular complexity index is 461. The summed E-state index contributed by atoms with van der Waals surface area (Å²) in [5.41, 5.74) is 0. The normalized spacial score (nSPS) is 13.8. The van der Waals surface area contributed by atoms with Crippen LogP contribution < -0.4 is 0 Å². The third-order valence-electron chi connectivity index (χ3n) is 2.39. The smallest absolute Gasteiger partial charge is 0.282 e. The molecule has 0 atom stereocenters. The molecule has 0 aromatic heterocycles.